The molecule has 0 aliphatic heterocycles. The summed E-state index contributed by atoms with van der Waals surface area (Å²) in [6.07, 6.45) is 39.7. The average molecular weight is 805 g/mol. The molecule has 0 radical (unpaired) electrons. The molecule has 0 unspecified atom stereocenters. The van der Waals surface area contributed by atoms with Crippen molar-refractivity contribution in [1.82, 2.24) is 0 Å². The van der Waals surface area contributed by atoms with Gasteiger partial charge < -0.3 is 49.7 Å². The van der Waals surface area contributed by atoms with Crippen LogP contribution in [-0.4, -0.2) is 67.4 Å². The molecule has 0 rings (SSSR count). The first-order valence-corrected chi connectivity index (χ1v) is 20.8. The summed E-state index contributed by atoms with van der Waals surface area (Å²) in [5.41, 5.74) is 0. The Hall–Kier alpha value is 2.89. The van der Waals surface area contributed by atoms with E-state index in [1.54, 1.807) is 23.5 Å². The van der Waals surface area contributed by atoms with E-state index in [-0.39, 0.29) is 48.9 Å². The van der Waals surface area contributed by atoms with Crippen molar-refractivity contribution in [3.8, 4) is 0 Å². The van der Waals surface area contributed by atoms with E-state index in [0.29, 0.717) is 7.06 Å². The van der Waals surface area contributed by atoms with Crippen molar-refractivity contribution in [3.05, 3.63) is 0 Å². The summed E-state index contributed by atoms with van der Waals surface area (Å²) in [6, 6.07) is 0. The Labute approximate surface area is 330 Å². The molecule has 41 heavy (non-hydrogen) atoms. The average Bonchev–Trinajstić information content (AvgIpc) is 2.93. The van der Waals surface area contributed by atoms with E-state index in [0.717, 1.165) is 11.5 Å². The zero-order valence-corrected chi connectivity index (χ0v) is 36.7. The van der Waals surface area contributed by atoms with Gasteiger partial charge in [-0.25, -0.2) is 0 Å². The molecule has 0 N–H and O–H groups in total. The van der Waals surface area contributed by atoms with Gasteiger partial charge in [0.2, 0.25) is 0 Å². The molecule has 0 atom stereocenters. The minimum atomic E-state index is 0. The van der Waals surface area contributed by atoms with Crippen molar-refractivity contribution in [2.45, 2.75) is 194 Å². The van der Waals surface area contributed by atoms with Crippen LogP contribution in [0.2, 0.25) is 0 Å². The van der Waals surface area contributed by atoms with Crippen LogP contribution in [0.15, 0.2) is 0 Å². The molecule has 0 fully saturated rings. The Morgan fingerprint density at radius 1 is 0.366 bits per heavy atom. The van der Waals surface area contributed by atoms with Gasteiger partial charge in [0, 0.05) is 0 Å². The summed E-state index contributed by atoms with van der Waals surface area (Å²) in [5, 5.41) is 0. The fourth-order valence-corrected chi connectivity index (χ4v) is 6.93. The minimum Gasteiger partial charge on any atom is -0.422 e. The normalized spacial score (nSPS) is 10.6. The summed E-state index contributed by atoms with van der Waals surface area (Å²) in [5.74, 6) is 2.25. The Morgan fingerprint density at radius 2 is 0.537 bits per heavy atom. The molecule has 0 aliphatic carbocycles. The van der Waals surface area contributed by atoms with Crippen molar-refractivity contribution in [2.24, 2.45) is 0 Å². The number of thioether (sulfide) groups is 2. The van der Waals surface area contributed by atoms with Gasteiger partial charge in [-0.2, -0.15) is 0 Å². The third kappa shape index (κ3) is 52.7. The van der Waals surface area contributed by atoms with E-state index in [9.17, 15) is 0 Å². The molecule has 240 valence electrons. The predicted molar refractivity (Wildman–Crippen MR) is 211 cm³/mol. The monoisotopic (exact) mass is 804 g/mol. The van der Waals surface area contributed by atoms with E-state index in [4.69, 9.17) is 49.7 Å². The third-order valence-electron chi connectivity index (χ3n) is 7.44. The van der Waals surface area contributed by atoms with Gasteiger partial charge in [0.15, 0.2) is 0 Å². The van der Waals surface area contributed by atoms with Crippen molar-refractivity contribution < 1.29 is 0 Å². The molecule has 0 aromatic heterocycles. The Kier molecular flexibility index (Phi) is 53.0. The number of rotatable bonds is 30. The molecule has 0 nitrogen and oxygen atoms in total. The van der Waals surface area contributed by atoms with E-state index < -0.39 is 0 Å². The van der Waals surface area contributed by atoms with Crippen LogP contribution in [-0.2, 0) is 25.3 Å². The van der Waals surface area contributed by atoms with Crippen LogP contribution < -0.4 is 0 Å². The van der Waals surface area contributed by atoms with Crippen LogP contribution in [0.4, 0.5) is 0 Å². The van der Waals surface area contributed by atoms with Gasteiger partial charge >= 0.3 is 48.9 Å². The third-order valence-corrected chi connectivity index (χ3v) is 10.3. The Balaban J connectivity index is -0.000000688. The maximum Gasteiger partial charge on any atom is 2.00 e. The second-order valence-electron chi connectivity index (χ2n) is 11.4. The maximum atomic E-state index is 4.87. The van der Waals surface area contributed by atoms with Crippen LogP contribution in [0, 0.1) is 0 Å². The molecule has 0 saturated heterocycles. The molecule has 0 aromatic rings. The summed E-state index contributed by atoms with van der Waals surface area (Å²) in [7, 11) is 0. The summed E-state index contributed by atoms with van der Waals surface area (Å²) in [6.45, 7) is 4.57. The topological polar surface area (TPSA) is 0 Å². The minimum absolute atomic E-state index is 0. The number of thiocarbonyl (C=S) groups is 2. The van der Waals surface area contributed by atoms with Crippen molar-refractivity contribution >= 4 is 129 Å². The number of hydrogen-bond acceptors (Lipinski definition) is 6. The Morgan fingerprint density at radius 3 is 0.707 bits per heavy atom. The molecule has 0 bridgehead atoms. The fraction of sp³-hybridized carbons (Fsp3) is 0.941. The van der Waals surface area contributed by atoms with Crippen molar-refractivity contribution in [2.75, 3.05) is 11.5 Å². The summed E-state index contributed by atoms with van der Waals surface area (Å²) >= 11 is 22.8. The second kappa shape index (κ2) is 45.0. The quantitative estimate of drug-likeness (QED) is 0.0305. The molecular weight excluding hydrogens is 738 g/mol. The van der Waals surface area contributed by atoms with E-state index in [1.165, 1.54) is 180 Å². The predicted octanol–water partition coefficient (Wildman–Crippen LogP) is 13.7. The maximum absolute atomic E-state index is 4.87. The standard InChI is InChI=1S/2C17H34S3.Ba/c2*1-2-3-4-5-6-7-8-9-10-11-12-13-14-15-16-20-17(18)19;/h2*2-16H2,1H3,(H,18,19);/q;;+2/p-2. The van der Waals surface area contributed by atoms with E-state index >= 15 is 0 Å². The zero-order valence-electron chi connectivity index (χ0n) is 27.4. The molecule has 0 spiro atoms. The second-order valence-corrected chi connectivity index (χ2v) is 16.8. The largest absolute Gasteiger partial charge is 2.00 e. The number of unbranched alkanes of at least 4 members (excludes halogenated alkanes) is 26. The molecule has 0 heterocycles. The van der Waals surface area contributed by atoms with Crippen LogP contribution in [0.1, 0.15) is 194 Å². The molecular formula is C34H66BaS6. The first kappa shape index (κ1) is 48.3. The van der Waals surface area contributed by atoms with E-state index in [2.05, 4.69) is 13.8 Å². The van der Waals surface area contributed by atoms with Crippen molar-refractivity contribution in [3.63, 3.8) is 0 Å². The number of hydrogen-bond donors (Lipinski definition) is 0. The first-order valence-electron chi connectivity index (χ1n) is 17.2. The van der Waals surface area contributed by atoms with Gasteiger partial charge in [0.1, 0.15) is 0 Å². The van der Waals surface area contributed by atoms with Crippen LogP contribution in [0.3, 0.4) is 0 Å². The smallest absolute Gasteiger partial charge is 0.422 e. The van der Waals surface area contributed by atoms with Gasteiger partial charge in [0.05, 0.1) is 0 Å². The van der Waals surface area contributed by atoms with Gasteiger partial charge in [-0.05, 0) is 24.3 Å². The molecule has 7 heteroatoms. The van der Waals surface area contributed by atoms with Crippen LogP contribution in [0.5, 0.6) is 0 Å². The molecule has 0 amide bonds. The fourth-order valence-electron chi connectivity index (χ4n) is 4.90. The van der Waals surface area contributed by atoms with Gasteiger partial charge in [-0.15, -0.1) is 23.5 Å². The van der Waals surface area contributed by atoms with Gasteiger partial charge in [0.25, 0.3) is 0 Å². The summed E-state index contributed by atoms with van der Waals surface area (Å²) in [4.78, 5) is 0. The molecule has 0 aromatic carbocycles. The van der Waals surface area contributed by atoms with Gasteiger partial charge in [-0.1, -0.05) is 188 Å². The first-order chi connectivity index (χ1) is 19.5. The SMILES string of the molecule is CCCCCCCCCCCCCCCCSC(=S)[S-].CCCCCCCCCCCCCCCCSC(=S)[S-].[Ba+2]. The molecule has 0 aliphatic rings. The van der Waals surface area contributed by atoms with Crippen LogP contribution in [0.25, 0.3) is 0 Å². The van der Waals surface area contributed by atoms with E-state index in [1.807, 2.05) is 0 Å². The van der Waals surface area contributed by atoms with Crippen molar-refractivity contribution in [1.29, 1.82) is 0 Å². The molecule has 0 saturated carbocycles. The van der Waals surface area contributed by atoms with Crippen LogP contribution >= 0.6 is 48.0 Å². The zero-order chi connectivity index (χ0) is 29.8. The summed E-state index contributed by atoms with van der Waals surface area (Å²) < 4.78 is 1.36. The van der Waals surface area contributed by atoms with Gasteiger partial charge in [-0.3, -0.25) is 0 Å². The Bertz CT molecular complexity index is 460.